The van der Waals surface area contributed by atoms with Gasteiger partial charge in [-0.2, -0.15) is 5.26 Å². The Kier molecular flexibility index (Phi) is 3.66. The minimum absolute atomic E-state index is 0.180. The lowest BCUT2D eigenvalue weighted by molar-refractivity contribution is 0.628. The van der Waals surface area contributed by atoms with Crippen LogP contribution in [0.5, 0.6) is 0 Å². The summed E-state index contributed by atoms with van der Waals surface area (Å²) >= 11 is 11.5. The maximum Gasteiger partial charge on any atom is 0.133 e. The van der Waals surface area contributed by atoms with Crippen molar-refractivity contribution in [1.29, 1.82) is 5.26 Å². The standard InChI is InChI=1S/C12H6Cl2FN3/c13-8-3-9(15)5-10(4-8)17-12-2-7(6-16)1-11(14)18-12/h1-5H,(H,17,18). The fourth-order valence-corrected chi connectivity index (χ4v) is 1.83. The minimum Gasteiger partial charge on any atom is -0.340 e. The molecule has 0 radical (unpaired) electrons. The van der Waals surface area contributed by atoms with Gasteiger partial charge in [-0.1, -0.05) is 23.2 Å². The van der Waals surface area contributed by atoms with Gasteiger partial charge in [-0.25, -0.2) is 9.37 Å². The van der Waals surface area contributed by atoms with Crippen molar-refractivity contribution in [2.45, 2.75) is 0 Å². The lowest BCUT2D eigenvalue weighted by Gasteiger charge is -2.07. The highest BCUT2D eigenvalue weighted by Gasteiger charge is 2.04. The first-order valence-corrected chi connectivity index (χ1v) is 5.63. The highest BCUT2D eigenvalue weighted by molar-refractivity contribution is 6.31. The molecule has 90 valence electrons. The number of benzene rings is 1. The van der Waals surface area contributed by atoms with E-state index in [9.17, 15) is 4.39 Å². The van der Waals surface area contributed by atoms with Crippen LogP contribution in [0.25, 0.3) is 0 Å². The molecule has 1 aromatic carbocycles. The highest BCUT2D eigenvalue weighted by Crippen LogP contribution is 2.22. The predicted molar refractivity (Wildman–Crippen MR) is 68.7 cm³/mol. The van der Waals surface area contributed by atoms with Gasteiger partial charge < -0.3 is 5.32 Å². The van der Waals surface area contributed by atoms with Crippen molar-refractivity contribution in [1.82, 2.24) is 4.98 Å². The van der Waals surface area contributed by atoms with Crippen molar-refractivity contribution in [2.24, 2.45) is 0 Å². The lowest BCUT2D eigenvalue weighted by Crippen LogP contribution is -1.95. The van der Waals surface area contributed by atoms with E-state index in [-0.39, 0.29) is 10.2 Å². The molecule has 18 heavy (non-hydrogen) atoms. The average Bonchev–Trinajstić information content (AvgIpc) is 2.26. The number of halogens is 3. The summed E-state index contributed by atoms with van der Waals surface area (Å²) < 4.78 is 13.1. The minimum atomic E-state index is -0.465. The van der Waals surface area contributed by atoms with Crippen LogP contribution >= 0.6 is 23.2 Å². The highest BCUT2D eigenvalue weighted by atomic mass is 35.5. The summed E-state index contributed by atoms with van der Waals surface area (Å²) in [5.74, 6) is -0.117. The molecule has 0 bridgehead atoms. The Bertz CT molecular complexity index is 617. The number of hydrogen-bond donors (Lipinski definition) is 1. The largest absolute Gasteiger partial charge is 0.340 e. The van der Waals surface area contributed by atoms with Crippen molar-refractivity contribution in [3.05, 3.63) is 51.9 Å². The fraction of sp³-hybridized carbons (Fsp3) is 0. The third-order valence-corrected chi connectivity index (χ3v) is 2.47. The number of rotatable bonds is 2. The van der Waals surface area contributed by atoms with E-state index >= 15 is 0 Å². The summed E-state index contributed by atoms with van der Waals surface area (Å²) in [5.41, 5.74) is 0.790. The van der Waals surface area contributed by atoms with Crippen LogP contribution in [0.15, 0.2) is 30.3 Å². The van der Waals surface area contributed by atoms with Gasteiger partial charge in [-0.15, -0.1) is 0 Å². The van der Waals surface area contributed by atoms with Crippen molar-refractivity contribution >= 4 is 34.7 Å². The van der Waals surface area contributed by atoms with E-state index in [0.29, 0.717) is 17.1 Å². The van der Waals surface area contributed by atoms with Crippen molar-refractivity contribution in [3.8, 4) is 6.07 Å². The normalized spacial score (nSPS) is 9.89. The van der Waals surface area contributed by atoms with E-state index < -0.39 is 5.82 Å². The quantitative estimate of drug-likeness (QED) is 0.842. The number of anilines is 2. The first kappa shape index (κ1) is 12.6. The maximum atomic E-state index is 13.1. The number of pyridine rings is 1. The van der Waals surface area contributed by atoms with Crippen LogP contribution in [0.3, 0.4) is 0 Å². The lowest BCUT2D eigenvalue weighted by atomic mass is 10.2. The second kappa shape index (κ2) is 5.21. The molecule has 0 fully saturated rings. The van der Waals surface area contributed by atoms with Gasteiger partial charge in [0, 0.05) is 10.7 Å². The SMILES string of the molecule is N#Cc1cc(Cl)nc(Nc2cc(F)cc(Cl)c2)c1. The Hall–Kier alpha value is -1.83. The van der Waals surface area contributed by atoms with Crippen molar-refractivity contribution in [3.63, 3.8) is 0 Å². The first-order valence-electron chi connectivity index (χ1n) is 4.87. The van der Waals surface area contributed by atoms with Gasteiger partial charge in [-0.3, -0.25) is 0 Å². The summed E-state index contributed by atoms with van der Waals surface area (Å²) in [7, 11) is 0. The Balaban J connectivity index is 2.34. The fourth-order valence-electron chi connectivity index (χ4n) is 1.40. The Labute approximate surface area is 113 Å². The molecule has 2 rings (SSSR count). The summed E-state index contributed by atoms with van der Waals surface area (Å²) in [6.07, 6.45) is 0. The van der Waals surface area contributed by atoms with E-state index in [1.54, 1.807) is 6.07 Å². The molecule has 0 unspecified atom stereocenters. The summed E-state index contributed by atoms with van der Waals surface area (Å²) in [6, 6.07) is 8.89. The van der Waals surface area contributed by atoms with Crippen LogP contribution in [-0.2, 0) is 0 Å². The van der Waals surface area contributed by atoms with Gasteiger partial charge in [0.05, 0.1) is 11.6 Å². The van der Waals surface area contributed by atoms with Gasteiger partial charge >= 0.3 is 0 Å². The summed E-state index contributed by atoms with van der Waals surface area (Å²) in [5, 5.41) is 12.1. The Morgan fingerprint density at radius 2 is 1.94 bits per heavy atom. The van der Waals surface area contributed by atoms with E-state index in [1.807, 2.05) is 6.07 Å². The molecule has 3 nitrogen and oxygen atoms in total. The maximum absolute atomic E-state index is 13.1. The second-order valence-electron chi connectivity index (χ2n) is 3.46. The first-order chi connectivity index (χ1) is 8.56. The molecule has 1 N–H and O–H groups in total. The zero-order valence-electron chi connectivity index (χ0n) is 8.92. The number of nitriles is 1. The van der Waals surface area contributed by atoms with Crippen LogP contribution in [0, 0.1) is 17.1 Å². The third-order valence-electron chi connectivity index (χ3n) is 2.06. The van der Waals surface area contributed by atoms with E-state index in [1.165, 1.54) is 24.3 Å². The molecule has 0 atom stereocenters. The van der Waals surface area contributed by atoms with Crippen molar-refractivity contribution < 1.29 is 4.39 Å². The van der Waals surface area contributed by atoms with Gasteiger partial charge in [0.15, 0.2) is 0 Å². The second-order valence-corrected chi connectivity index (χ2v) is 4.28. The monoisotopic (exact) mass is 281 g/mol. The van der Waals surface area contributed by atoms with Gasteiger partial charge in [0.1, 0.15) is 16.8 Å². The molecule has 0 aliphatic heterocycles. The molecule has 6 heteroatoms. The molecule has 0 saturated carbocycles. The molecule has 0 saturated heterocycles. The molecule has 0 aliphatic rings. The summed E-state index contributed by atoms with van der Waals surface area (Å²) in [6.45, 7) is 0. The van der Waals surface area contributed by atoms with Crippen LogP contribution in [0.2, 0.25) is 10.2 Å². The molecule has 1 heterocycles. The summed E-state index contributed by atoms with van der Waals surface area (Å²) in [4.78, 5) is 3.97. The Morgan fingerprint density at radius 1 is 1.17 bits per heavy atom. The van der Waals surface area contributed by atoms with Crippen LogP contribution in [0.4, 0.5) is 15.9 Å². The van der Waals surface area contributed by atoms with Crippen LogP contribution in [0.1, 0.15) is 5.56 Å². The Morgan fingerprint density at radius 3 is 2.61 bits per heavy atom. The molecule has 0 spiro atoms. The molecule has 2 aromatic rings. The number of nitrogens with zero attached hydrogens (tertiary/aromatic N) is 2. The van der Waals surface area contributed by atoms with E-state index in [0.717, 1.165) is 0 Å². The molecular formula is C12H6Cl2FN3. The van der Waals surface area contributed by atoms with Crippen LogP contribution in [-0.4, -0.2) is 4.98 Å². The van der Waals surface area contributed by atoms with E-state index in [2.05, 4.69) is 10.3 Å². The zero-order chi connectivity index (χ0) is 13.1. The van der Waals surface area contributed by atoms with Crippen molar-refractivity contribution in [2.75, 3.05) is 5.32 Å². The van der Waals surface area contributed by atoms with Gasteiger partial charge in [0.25, 0.3) is 0 Å². The smallest absolute Gasteiger partial charge is 0.133 e. The average molecular weight is 282 g/mol. The number of aromatic nitrogens is 1. The molecule has 0 aliphatic carbocycles. The topological polar surface area (TPSA) is 48.7 Å². The number of nitrogens with one attached hydrogen (secondary N) is 1. The number of hydrogen-bond acceptors (Lipinski definition) is 3. The zero-order valence-corrected chi connectivity index (χ0v) is 10.4. The van der Waals surface area contributed by atoms with Crippen LogP contribution < -0.4 is 5.32 Å². The predicted octanol–water partition coefficient (Wildman–Crippen LogP) is 4.14. The van der Waals surface area contributed by atoms with Gasteiger partial charge in [-0.05, 0) is 30.3 Å². The van der Waals surface area contributed by atoms with E-state index in [4.69, 9.17) is 28.5 Å². The molecule has 1 aromatic heterocycles. The van der Waals surface area contributed by atoms with Gasteiger partial charge in [0.2, 0.25) is 0 Å². The molecular weight excluding hydrogens is 276 g/mol. The third kappa shape index (κ3) is 3.10. The molecule has 0 amide bonds.